The van der Waals surface area contributed by atoms with E-state index in [4.69, 9.17) is 0 Å². The molecule has 2 aromatic rings. The fourth-order valence-corrected chi connectivity index (χ4v) is 3.07. The number of rotatable bonds is 5. The number of nitrogens with one attached hydrogen (secondary N) is 1. The minimum Gasteiger partial charge on any atom is -0.351 e. The number of halogens is 1. The van der Waals surface area contributed by atoms with E-state index in [-0.39, 0.29) is 17.0 Å². The van der Waals surface area contributed by atoms with E-state index < -0.39 is 0 Å². The quantitative estimate of drug-likeness (QED) is 0.836. The Kier molecular flexibility index (Phi) is 5.61. The molecular formula is C18H20FNOS. The topological polar surface area (TPSA) is 29.1 Å². The van der Waals surface area contributed by atoms with Gasteiger partial charge in [-0.1, -0.05) is 29.8 Å². The third-order valence-corrected chi connectivity index (χ3v) is 4.66. The molecule has 0 aliphatic carbocycles. The molecule has 116 valence electrons. The number of amides is 1. The number of benzene rings is 2. The van der Waals surface area contributed by atoms with Crippen molar-refractivity contribution in [2.75, 3.05) is 0 Å². The van der Waals surface area contributed by atoms with Crippen molar-refractivity contribution >= 4 is 17.7 Å². The van der Waals surface area contributed by atoms with Crippen LogP contribution in [-0.4, -0.2) is 11.2 Å². The predicted octanol–water partition coefficient (Wildman–Crippen LogP) is 4.24. The summed E-state index contributed by atoms with van der Waals surface area (Å²) >= 11 is 1.55. The van der Waals surface area contributed by atoms with Crippen molar-refractivity contribution in [1.29, 1.82) is 0 Å². The standard InChI is InChI=1S/C18H20FNOS/c1-12-4-9-17(13(2)10-12)22-14(3)18(21)20-11-15-5-7-16(19)8-6-15/h4-10,14H,11H2,1-3H3,(H,20,21)/t14-/m0/s1. The van der Waals surface area contributed by atoms with E-state index in [2.05, 4.69) is 37.4 Å². The van der Waals surface area contributed by atoms with Gasteiger partial charge in [-0.05, 0) is 50.1 Å². The SMILES string of the molecule is Cc1ccc(S[C@@H](C)C(=O)NCc2ccc(F)cc2)c(C)c1. The fourth-order valence-electron chi connectivity index (χ4n) is 2.11. The molecule has 0 saturated carbocycles. The van der Waals surface area contributed by atoms with E-state index in [1.807, 2.05) is 6.92 Å². The van der Waals surface area contributed by atoms with Gasteiger partial charge in [0.2, 0.25) is 5.91 Å². The molecule has 0 spiro atoms. The second kappa shape index (κ2) is 7.45. The lowest BCUT2D eigenvalue weighted by atomic mass is 10.2. The van der Waals surface area contributed by atoms with E-state index in [0.29, 0.717) is 6.54 Å². The van der Waals surface area contributed by atoms with Gasteiger partial charge in [0.1, 0.15) is 5.82 Å². The first-order valence-corrected chi connectivity index (χ1v) is 8.10. The number of thioether (sulfide) groups is 1. The lowest BCUT2D eigenvalue weighted by Gasteiger charge is -2.14. The Balaban J connectivity index is 1.90. The molecule has 0 saturated heterocycles. The minimum absolute atomic E-state index is 0.0192. The average Bonchev–Trinajstić information content (AvgIpc) is 2.49. The monoisotopic (exact) mass is 317 g/mol. The normalized spacial score (nSPS) is 12.0. The Labute approximate surface area is 135 Å². The molecular weight excluding hydrogens is 297 g/mol. The van der Waals surface area contributed by atoms with Gasteiger partial charge >= 0.3 is 0 Å². The second-order valence-electron chi connectivity index (χ2n) is 5.37. The van der Waals surface area contributed by atoms with Gasteiger partial charge in [-0.2, -0.15) is 0 Å². The molecule has 0 fully saturated rings. The summed E-state index contributed by atoms with van der Waals surface area (Å²) in [6.07, 6.45) is 0. The van der Waals surface area contributed by atoms with Crippen molar-refractivity contribution in [3.05, 3.63) is 65.0 Å². The summed E-state index contributed by atoms with van der Waals surface area (Å²) in [4.78, 5) is 13.3. The third-order valence-electron chi connectivity index (χ3n) is 3.38. The van der Waals surface area contributed by atoms with Crippen LogP contribution in [0.15, 0.2) is 47.4 Å². The first-order chi connectivity index (χ1) is 10.5. The van der Waals surface area contributed by atoms with Gasteiger partial charge in [0.25, 0.3) is 0 Å². The van der Waals surface area contributed by atoms with Crippen LogP contribution in [-0.2, 0) is 11.3 Å². The minimum atomic E-state index is -0.270. The van der Waals surface area contributed by atoms with Gasteiger partial charge in [0.15, 0.2) is 0 Å². The van der Waals surface area contributed by atoms with Crippen LogP contribution in [0, 0.1) is 19.7 Å². The molecule has 2 rings (SSSR count). The van der Waals surface area contributed by atoms with Gasteiger partial charge in [0.05, 0.1) is 5.25 Å². The van der Waals surface area contributed by atoms with Crippen LogP contribution < -0.4 is 5.32 Å². The van der Waals surface area contributed by atoms with Crippen LogP contribution in [0.25, 0.3) is 0 Å². The van der Waals surface area contributed by atoms with Crippen molar-refractivity contribution in [2.45, 2.75) is 37.5 Å². The van der Waals surface area contributed by atoms with Gasteiger partial charge < -0.3 is 5.32 Å². The second-order valence-corrected chi connectivity index (χ2v) is 6.76. The summed E-state index contributed by atoms with van der Waals surface area (Å²) in [7, 11) is 0. The molecule has 1 amide bonds. The Hall–Kier alpha value is -1.81. The molecule has 0 radical (unpaired) electrons. The van der Waals surface area contributed by atoms with Gasteiger partial charge in [-0.25, -0.2) is 4.39 Å². The van der Waals surface area contributed by atoms with Crippen molar-refractivity contribution in [1.82, 2.24) is 5.32 Å². The summed E-state index contributed by atoms with van der Waals surface area (Å²) < 4.78 is 12.8. The van der Waals surface area contributed by atoms with Crippen molar-refractivity contribution < 1.29 is 9.18 Å². The molecule has 0 aliphatic rings. The first kappa shape index (κ1) is 16.6. The molecule has 0 aromatic heterocycles. The first-order valence-electron chi connectivity index (χ1n) is 7.22. The molecule has 1 N–H and O–H groups in total. The number of carbonyl (C=O) groups is 1. The smallest absolute Gasteiger partial charge is 0.233 e. The fraction of sp³-hybridized carbons (Fsp3) is 0.278. The van der Waals surface area contributed by atoms with Crippen molar-refractivity contribution in [3.8, 4) is 0 Å². The number of hydrogen-bond acceptors (Lipinski definition) is 2. The highest BCUT2D eigenvalue weighted by Gasteiger charge is 2.15. The van der Waals surface area contributed by atoms with Gasteiger partial charge in [0, 0.05) is 11.4 Å². The zero-order valence-electron chi connectivity index (χ0n) is 13.0. The molecule has 4 heteroatoms. The van der Waals surface area contributed by atoms with E-state index in [0.717, 1.165) is 10.5 Å². The summed E-state index contributed by atoms with van der Waals surface area (Å²) in [6.45, 7) is 6.42. The molecule has 0 aliphatic heterocycles. The Morgan fingerprint density at radius 1 is 1.18 bits per heavy atom. The predicted molar refractivity (Wildman–Crippen MR) is 89.5 cm³/mol. The molecule has 0 heterocycles. The van der Waals surface area contributed by atoms with Crippen LogP contribution in [0.4, 0.5) is 4.39 Å². The van der Waals surface area contributed by atoms with E-state index >= 15 is 0 Å². The number of carbonyl (C=O) groups excluding carboxylic acids is 1. The van der Waals surface area contributed by atoms with Gasteiger partial charge in [-0.3, -0.25) is 4.79 Å². The zero-order chi connectivity index (χ0) is 16.1. The Morgan fingerprint density at radius 2 is 1.86 bits per heavy atom. The van der Waals surface area contributed by atoms with Crippen molar-refractivity contribution in [3.63, 3.8) is 0 Å². The van der Waals surface area contributed by atoms with Gasteiger partial charge in [-0.15, -0.1) is 11.8 Å². The maximum atomic E-state index is 12.8. The number of aryl methyl sites for hydroxylation is 2. The molecule has 0 bridgehead atoms. The lowest BCUT2D eigenvalue weighted by Crippen LogP contribution is -2.30. The van der Waals surface area contributed by atoms with Crippen LogP contribution in [0.1, 0.15) is 23.6 Å². The highest BCUT2D eigenvalue weighted by Crippen LogP contribution is 2.27. The summed E-state index contributed by atoms with van der Waals surface area (Å²) in [5, 5.41) is 2.71. The highest BCUT2D eigenvalue weighted by molar-refractivity contribution is 8.00. The summed E-state index contributed by atoms with van der Waals surface area (Å²) in [6, 6.07) is 12.4. The molecule has 0 unspecified atom stereocenters. The molecule has 2 nitrogen and oxygen atoms in total. The van der Waals surface area contributed by atoms with Crippen LogP contribution in [0.3, 0.4) is 0 Å². The van der Waals surface area contributed by atoms with E-state index in [9.17, 15) is 9.18 Å². The average molecular weight is 317 g/mol. The zero-order valence-corrected chi connectivity index (χ0v) is 13.8. The van der Waals surface area contributed by atoms with Crippen LogP contribution in [0.5, 0.6) is 0 Å². The van der Waals surface area contributed by atoms with Crippen molar-refractivity contribution in [2.24, 2.45) is 0 Å². The third kappa shape index (κ3) is 4.60. The number of hydrogen-bond donors (Lipinski definition) is 1. The van der Waals surface area contributed by atoms with Crippen LogP contribution >= 0.6 is 11.8 Å². The Morgan fingerprint density at radius 3 is 2.50 bits per heavy atom. The van der Waals surface area contributed by atoms with E-state index in [1.165, 1.54) is 23.3 Å². The molecule has 22 heavy (non-hydrogen) atoms. The largest absolute Gasteiger partial charge is 0.351 e. The highest BCUT2D eigenvalue weighted by atomic mass is 32.2. The van der Waals surface area contributed by atoms with Crippen LogP contribution in [0.2, 0.25) is 0 Å². The maximum absolute atomic E-state index is 12.8. The lowest BCUT2D eigenvalue weighted by molar-refractivity contribution is -0.120. The Bertz CT molecular complexity index is 655. The summed E-state index contributed by atoms with van der Waals surface area (Å²) in [5.74, 6) is -0.289. The maximum Gasteiger partial charge on any atom is 0.233 e. The molecule has 2 aromatic carbocycles. The summed E-state index contributed by atoms with van der Waals surface area (Å²) in [5.41, 5.74) is 3.29. The van der Waals surface area contributed by atoms with E-state index in [1.54, 1.807) is 23.9 Å². The molecule has 1 atom stereocenters.